The summed E-state index contributed by atoms with van der Waals surface area (Å²) in [6, 6.07) is 2.68. The summed E-state index contributed by atoms with van der Waals surface area (Å²) in [7, 11) is 1.58. The second-order valence-electron chi connectivity index (χ2n) is 4.83. The minimum Gasteiger partial charge on any atom is -0.367 e. The van der Waals surface area contributed by atoms with Crippen LogP contribution >= 0.6 is 0 Å². The number of hydrogen-bond acceptors (Lipinski definition) is 2. The van der Waals surface area contributed by atoms with Crippen LogP contribution < -0.4 is 10.9 Å². The third-order valence-corrected chi connectivity index (χ3v) is 3.29. The van der Waals surface area contributed by atoms with E-state index in [1.807, 2.05) is 32.9 Å². The highest BCUT2D eigenvalue weighted by molar-refractivity contribution is 5.98. The van der Waals surface area contributed by atoms with E-state index in [9.17, 15) is 13.6 Å². The van der Waals surface area contributed by atoms with Gasteiger partial charge in [0.1, 0.15) is 5.84 Å². The molecule has 1 rings (SSSR count). The van der Waals surface area contributed by atoms with Crippen molar-refractivity contribution in [2.24, 2.45) is 10.9 Å². The Hall–Kier alpha value is -1.98. The zero-order valence-electron chi connectivity index (χ0n) is 12.7. The highest BCUT2D eigenvalue weighted by Crippen LogP contribution is 2.10. The topological polar surface area (TPSA) is 46.4 Å². The average molecular weight is 297 g/mol. The first kappa shape index (κ1) is 17.1. The summed E-state index contributed by atoms with van der Waals surface area (Å²) in [5.41, 5.74) is -0.281. The number of allylic oxidation sites excluding steroid dienone is 1. The minimum atomic E-state index is -2.87. The van der Waals surface area contributed by atoms with Gasteiger partial charge in [-0.3, -0.25) is 14.4 Å². The lowest BCUT2D eigenvalue weighted by atomic mass is 10.0. The van der Waals surface area contributed by atoms with Gasteiger partial charge in [0.25, 0.3) is 5.56 Å². The number of halogens is 2. The van der Waals surface area contributed by atoms with Gasteiger partial charge in [0.15, 0.2) is 0 Å². The molecule has 0 aliphatic carbocycles. The highest BCUT2D eigenvalue weighted by atomic mass is 19.3. The molecule has 116 valence electrons. The van der Waals surface area contributed by atoms with Gasteiger partial charge in [-0.25, -0.2) is 0 Å². The van der Waals surface area contributed by atoms with Gasteiger partial charge in [-0.2, -0.15) is 8.78 Å². The van der Waals surface area contributed by atoms with Crippen LogP contribution in [0.25, 0.3) is 0 Å². The molecule has 0 aliphatic rings. The molecular weight excluding hydrogens is 276 g/mol. The van der Waals surface area contributed by atoms with E-state index < -0.39 is 12.1 Å². The summed E-state index contributed by atoms with van der Waals surface area (Å²) < 4.78 is 25.9. The molecule has 4 nitrogen and oxygen atoms in total. The number of amidine groups is 1. The maximum atomic E-state index is 12.8. The van der Waals surface area contributed by atoms with E-state index in [4.69, 9.17) is 0 Å². The smallest absolute Gasteiger partial charge is 0.321 e. The standard InChI is InChI=1S/C15H21F2N3O/c1-5-6-10(2)11(3)19-14(18-4)12-7-8-13(21)20(9-12)15(16)17/h5-11,15H,1-4H3,(H,18,19). The molecule has 0 saturated heterocycles. The number of nitrogens with zero attached hydrogens (tertiary/aromatic N) is 2. The van der Waals surface area contributed by atoms with Crippen LogP contribution in [0.2, 0.25) is 0 Å². The van der Waals surface area contributed by atoms with Gasteiger partial charge in [0, 0.05) is 30.9 Å². The van der Waals surface area contributed by atoms with Gasteiger partial charge in [-0.1, -0.05) is 19.1 Å². The second kappa shape index (κ2) is 7.71. The largest absolute Gasteiger partial charge is 0.367 e. The van der Waals surface area contributed by atoms with Gasteiger partial charge in [0.05, 0.1) is 0 Å². The average Bonchev–Trinajstić information content (AvgIpc) is 2.45. The van der Waals surface area contributed by atoms with Crippen molar-refractivity contribution in [2.45, 2.75) is 33.4 Å². The molecule has 2 atom stereocenters. The quantitative estimate of drug-likeness (QED) is 0.516. The van der Waals surface area contributed by atoms with Crippen LogP contribution in [0.15, 0.2) is 40.3 Å². The van der Waals surface area contributed by atoms with Crippen molar-refractivity contribution in [1.82, 2.24) is 9.88 Å². The molecule has 0 spiro atoms. The maximum absolute atomic E-state index is 12.8. The molecule has 0 amide bonds. The molecule has 0 saturated carbocycles. The first-order chi connectivity index (χ1) is 9.90. The summed E-state index contributed by atoms with van der Waals surface area (Å²) in [6.07, 6.45) is 5.13. The van der Waals surface area contributed by atoms with Gasteiger partial charge >= 0.3 is 6.55 Å². The molecule has 1 heterocycles. The number of hydrogen-bond donors (Lipinski definition) is 1. The van der Waals surface area contributed by atoms with Gasteiger partial charge < -0.3 is 5.32 Å². The van der Waals surface area contributed by atoms with Crippen LogP contribution in [-0.4, -0.2) is 23.5 Å². The molecule has 2 unspecified atom stereocenters. The third-order valence-electron chi connectivity index (χ3n) is 3.29. The van der Waals surface area contributed by atoms with Crippen molar-refractivity contribution in [3.8, 4) is 0 Å². The van der Waals surface area contributed by atoms with E-state index in [0.717, 1.165) is 12.3 Å². The first-order valence-corrected chi connectivity index (χ1v) is 6.77. The van der Waals surface area contributed by atoms with E-state index in [1.54, 1.807) is 7.05 Å². The fourth-order valence-corrected chi connectivity index (χ4v) is 1.89. The number of rotatable bonds is 5. The summed E-state index contributed by atoms with van der Waals surface area (Å²) in [6.45, 7) is 3.11. The third kappa shape index (κ3) is 4.51. The molecule has 0 bridgehead atoms. The predicted molar refractivity (Wildman–Crippen MR) is 81.0 cm³/mol. The van der Waals surface area contributed by atoms with E-state index in [-0.39, 0.29) is 12.0 Å². The van der Waals surface area contributed by atoms with E-state index in [1.165, 1.54) is 6.07 Å². The fourth-order valence-electron chi connectivity index (χ4n) is 1.89. The Morgan fingerprint density at radius 2 is 2.05 bits per heavy atom. The Labute approximate surface area is 123 Å². The lowest BCUT2D eigenvalue weighted by Gasteiger charge is -2.21. The molecule has 1 N–H and O–H groups in total. The SMILES string of the molecule is CC=CC(C)C(C)NC(=NC)c1ccc(=O)n(C(F)F)c1. The minimum absolute atomic E-state index is 0.0758. The monoisotopic (exact) mass is 297 g/mol. The van der Waals surface area contributed by atoms with Gasteiger partial charge in [-0.05, 0) is 25.8 Å². The fraction of sp³-hybridized carbons (Fsp3) is 0.467. The Bertz CT molecular complexity index is 579. The molecule has 21 heavy (non-hydrogen) atoms. The van der Waals surface area contributed by atoms with Crippen LogP contribution in [0.4, 0.5) is 8.78 Å². The second-order valence-corrected chi connectivity index (χ2v) is 4.83. The van der Waals surface area contributed by atoms with Crippen LogP contribution in [0, 0.1) is 5.92 Å². The highest BCUT2D eigenvalue weighted by Gasteiger charge is 2.14. The van der Waals surface area contributed by atoms with Crippen molar-refractivity contribution in [3.05, 3.63) is 46.4 Å². The Morgan fingerprint density at radius 3 is 2.57 bits per heavy atom. The summed E-state index contributed by atoms with van der Waals surface area (Å²) in [5.74, 6) is 0.737. The number of nitrogens with one attached hydrogen (secondary N) is 1. The zero-order chi connectivity index (χ0) is 16.0. The molecule has 0 fully saturated rings. The molecule has 6 heteroatoms. The van der Waals surface area contributed by atoms with E-state index in [0.29, 0.717) is 16.0 Å². The van der Waals surface area contributed by atoms with Crippen molar-refractivity contribution >= 4 is 5.84 Å². The molecule has 0 radical (unpaired) electrons. The number of alkyl halides is 2. The van der Waals surface area contributed by atoms with E-state index >= 15 is 0 Å². The van der Waals surface area contributed by atoms with Gasteiger partial charge in [0.2, 0.25) is 0 Å². The summed E-state index contributed by atoms with van der Waals surface area (Å²) in [5, 5.41) is 3.19. The lowest BCUT2D eigenvalue weighted by Crippen LogP contribution is -2.37. The van der Waals surface area contributed by atoms with Crippen LogP contribution in [0.3, 0.4) is 0 Å². The molecular formula is C15H21F2N3O. The van der Waals surface area contributed by atoms with Crippen LogP contribution in [0.5, 0.6) is 0 Å². The Kier molecular flexibility index (Phi) is 6.27. The Balaban J connectivity index is 3.02. The van der Waals surface area contributed by atoms with Crippen molar-refractivity contribution in [1.29, 1.82) is 0 Å². The van der Waals surface area contributed by atoms with E-state index in [2.05, 4.69) is 10.3 Å². The van der Waals surface area contributed by atoms with Gasteiger partial charge in [-0.15, -0.1) is 0 Å². The number of pyridine rings is 1. The summed E-state index contributed by atoms with van der Waals surface area (Å²) in [4.78, 5) is 15.4. The summed E-state index contributed by atoms with van der Waals surface area (Å²) >= 11 is 0. The number of aromatic nitrogens is 1. The van der Waals surface area contributed by atoms with Crippen molar-refractivity contribution in [2.75, 3.05) is 7.05 Å². The van der Waals surface area contributed by atoms with Crippen LogP contribution in [-0.2, 0) is 0 Å². The normalized spacial score (nSPS) is 15.5. The maximum Gasteiger partial charge on any atom is 0.321 e. The predicted octanol–water partition coefficient (Wildman–Crippen LogP) is 2.81. The number of aliphatic imine (C=N–C) groups is 1. The van der Waals surface area contributed by atoms with Crippen molar-refractivity contribution < 1.29 is 8.78 Å². The zero-order valence-corrected chi connectivity index (χ0v) is 12.7. The molecule has 1 aromatic heterocycles. The Morgan fingerprint density at radius 1 is 1.38 bits per heavy atom. The molecule has 0 aromatic carbocycles. The van der Waals surface area contributed by atoms with Crippen LogP contribution in [0.1, 0.15) is 32.9 Å². The molecule has 1 aromatic rings. The lowest BCUT2D eigenvalue weighted by molar-refractivity contribution is 0.0663. The molecule has 0 aliphatic heterocycles. The first-order valence-electron chi connectivity index (χ1n) is 6.77. The van der Waals surface area contributed by atoms with Crippen molar-refractivity contribution in [3.63, 3.8) is 0 Å².